The van der Waals surface area contributed by atoms with Gasteiger partial charge in [0.25, 0.3) is 0 Å². The van der Waals surface area contributed by atoms with Crippen LogP contribution in [0.2, 0.25) is 0 Å². The third-order valence-electron chi connectivity index (χ3n) is 5.04. The highest BCUT2D eigenvalue weighted by Crippen LogP contribution is 2.15. The van der Waals surface area contributed by atoms with Crippen molar-refractivity contribution in [1.29, 1.82) is 0 Å². The van der Waals surface area contributed by atoms with Gasteiger partial charge < -0.3 is 19.6 Å². The maximum Gasteiger partial charge on any atom is 0.0638 e. The minimum atomic E-state index is -0.238. The number of aliphatic hydroxyl groups is 1. The molecule has 2 unspecified atom stereocenters. The van der Waals surface area contributed by atoms with Crippen LogP contribution < -0.4 is 0 Å². The van der Waals surface area contributed by atoms with E-state index in [-0.39, 0.29) is 6.10 Å². The molecule has 0 aromatic rings. The van der Waals surface area contributed by atoms with Gasteiger partial charge in [-0.2, -0.15) is 0 Å². The van der Waals surface area contributed by atoms with Gasteiger partial charge in [0.2, 0.25) is 0 Å². The second-order valence-corrected chi connectivity index (χ2v) is 9.58. The minimum absolute atomic E-state index is 0.238. The molecule has 0 heterocycles. The Morgan fingerprint density at radius 3 is 1.79 bits per heavy atom. The third-order valence-corrected chi connectivity index (χ3v) is 5.04. The van der Waals surface area contributed by atoms with Gasteiger partial charge in [-0.15, -0.1) is 0 Å². The van der Waals surface area contributed by atoms with Gasteiger partial charge >= 0.3 is 0 Å². The molecule has 0 aromatic heterocycles. The summed E-state index contributed by atoms with van der Waals surface area (Å²) >= 11 is 0. The molecule has 0 saturated carbocycles. The number of likely N-dealkylation sites (N-methyl/N-ethyl adjacent to an activating group) is 1. The van der Waals surface area contributed by atoms with Crippen molar-refractivity contribution >= 4 is 0 Å². The molecule has 0 aromatic carbocycles. The standard InChI is InChI=1S/C24H52N2O2/c1-8-28-24(15-11-13-16-25(7)20-23(6)27)14-10-9-12-17-26(18-21(2)3)19-22(4)5/h21-24,27H,8-20H2,1-7H3. The van der Waals surface area contributed by atoms with E-state index in [0.29, 0.717) is 6.10 Å². The lowest BCUT2D eigenvalue weighted by molar-refractivity contribution is 0.0462. The summed E-state index contributed by atoms with van der Waals surface area (Å²) < 4.78 is 5.98. The van der Waals surface area contributed by atoms with Crippen LogP contribution in [-0.2, 0) is 4.74 Å². The molecule has 0 amide bonds. The number of unbranched alkanes of at least 4 members (excludes halogenated alkanes) is 3. The zero-order chi connectivity index (χ0) is 21.4. The molecule has 28 heavy (non-hydrogen) atoms. The molecule has 4 nitrogen and oxygen atoms in total. The third kappa shape index (κ3) is 17.9. The molecule has 0 aliphatic rings. The zero-order valence-corrected chi connectivity index (χ0v) is 20.3. The number of ether oxygens (including phenoxy) is 1. The van der Waals surface area contributed by atoms with Gasteiger partial charge in [-0.25, -0.2) is 0 Å². The van der Waals surface area contributed by atoms with Gasteiger partial charge in [0.1, 0.15) is 0 Å². The number of nitrogens with zero attached hydrogens (tertiary/aromatic N) is 2. The van der Waals surface area contributed by atoms with Crippen molar-refractivity contribution in [2.24, 2.45) is 11.8 Å². The summed E-state index contributed by atoms with van der Waals surface area (Å²) in [4.78, 5) is 4.87. The average Bonchev–Trinajstić information content (AvgIpc) is 2.56. The van der Waals surface area contributed by atoms with Crippen LogP contribution in [0.3, 0.4) is 0 Å². The SMILES string of the molecule is CCOC(CCCCCN(CC(C)C)CC(C)C)CCCCN(C)CC(C)O. The van der Waals surface area contributed by atoms with Crippen molar-refractivity contribution in [3.05, 3.63) is 0 Å². The van der Waals surface area contributed by atoms with Crippen LogP contribution in [0.15, 0.2) is 0 Å². The van der Waals surface area contributed by atoms with Gasteiger partial charge in [-0.05, 0) is 77.9 Å². The Balaban J connectivity index is 3.95. The van der Waals surface area contributed by atoms with E-state index in [1.165, 1.54) is 64.6 Å². The Morgan fingerprint density at radius 2 is 1.29 bits per heavy atom. The van der Waals surface area contributed by atoms with E-state index in [4.69, 9.17) is 4.74 Å². The summed E-state index contributed by atoms with van der Waals surface area (Å²) in [6.45, 7) is 19.6. The van der Waals surface area contributed by atoms with Crippen molar-refractivity contribution in [3.8, 4) is 0 Å². The predicted octanol–water partition coefficient (Wildman–Crippen LogP) is 5.05. The first kappa shape index (κ1) is 27.8. The van der Waals surface area contributed by atoms with E-state index in [1.807, 2.05) is 6.92 Å². The Labute approximate surface area is 177 Å². The first-order valence-corrected chi connectivity index (χ1v) is 11.9. The van der Waals surface area contributed by atoms with Crippen LogP contribution in [0.4, 0.5) is 0 Å². The molecule has 0 spiro atoms. The van der Waals surface area contributed by atoms with Crippen LogP contribution in [0.1, 0.15) is 86.5 Å². The highest BCUT2D eigenvalue weighted by molar-refractivity contribution is 4.65. The van der Waals surface area contributed by atoms with Crippen molar-refractivity contribution in [1.82, 2.24) is 9.80 Å². The fraction of sp³-hybridized carbons (Fsp3) is 1.00. The molecule has 0 aliphatic heterocycles. The van der Waals surface area contributed by atoms with E-state index >= 15 is 0 Å². The molecule has 0 fully saturated rings. The topological polar surface area (TPSA) is 35.9 Å². The molecule has 0 bridgehead atoms. The normalized spacial score (nSPS) is 14.6. The Morgan fingerprint density at radius 1 is 0.750 bits per heavy atom. The highest BCUT2D eigenvalue weighted by Gasteiger charge is 2.11. The highest BCUT2D eigenvalue weighted by atomic mass is 16.5. The average molecular weight is 401 g/mol. The molecule has 0 aliphatic carbocycles. The molecule has 0 rings (SSSR count). The van der Waals surface area contributed by atoms with E-state index in [1.54, 1.807) is 0 Å². The number of aliphatic hydroxyl groups excluding tert-OH is 1. The summed E-state index contributed by atoms with van der Waals surface area (Å²) in [6.07, 6.45) is 8.86. The van der Waals surface area contributed by atoms with Crippen LogP contribution in [0.5, 0.6) is 0 Å². The maximum absolute atomic E-state index is 9.43. The van der Waals surface area contributed by atoms with Crippen molar-refractivity contribution in [2.45, 2.75) is 98.7 Å². The Kier molecular flexibility index (Phi) is 17.6. The van der Waals surface area contributed by atoms with E-state index in [2.05, 4.69) is 51.5 Å². The van der Waals surface area contributed by atoms with Crippen LogP contribution in [-0.4, -0.2) is 73.5 Å². The van der Waals surface area contributed by atoms with E-state index in [9.17, 15) is 5.11 Å². The lowest BCUT2D eigenvalue weighted by atomic mass is 10.0. The van der Waals surface area contributed by atoms with E-state index in [0.717, 1.165) is 31.5 Å². The van der Waals surface area contributed by atoms with Gasteiger partial charge in [0.15, 0.2) is 0 Å². The first-order chi connectivity index (χ1) is 13.2. The number of rotatable bonds is 19. The van der Waals surface area contributed by atoms with Crippen LogP contribution in [0, 0.1) is 11.8 Å². The van der Waals surface area contributed by atoms with Gasteiger partial charge in [0, 0.05) is 26.2 Å². The van der Waals surface area contributed by atoms with E-state index < -0.39 is 0 Å². The largest absolute Gasteiger partial charge is 0.392 e. The van der Waals surface area contributed by atoms with Gasteiger partial charge in [-0.3, -0.25) is 0 Å². The second kappa shape index (κ2) is 17.7. The first-order valence-electron chi connectivity index (χ1n) is 11.9. The summed E-state index contributed by atoms with van der Waals surface area (Å²) in [5.74, 6) is 1.50. The fourth-order valence-corrected chi connectivity index (χ4v) is 4.02. The summed E-state index contributed by atoms with van der Waals surface area (Å²) in [5.41, 5.74) is 0. The van der Waals surface area contributed by atoms with Gasteiger partial charge in [-0.1, -0.05) is 40.5 Å². The smallest absolute Gasteiger partial charge is 0.0638 e. The number of hydrogen-bond acceptors (Lipinski definition) is 4. The molecule has 1 N–H and O–H groups in total. The Bertz CT molecular complexity index is 325. The quantitative estimate of drug-likeness (QED) is 0.308. The second-order valence-electron chi connectivity index (χ2n) is 9.58. The molecular weight excluding hydrogens is 348 g/mol. The lowest BCUT2D eigenvalue weighted by Crippen LogP contribution is -2.32. The molecule has 4 heteroatoms. The summed E-state index contributed by atoms with van der Waals surface area (Å²) in [6, 6.07) is 0. The summed E-state index contributed by atoms with van der Waals surface area (Å²) in [5, 5.41) is 9.43. The maximum atomic E-state index is 9.43. The number of hydrogen-bond donors (Lipinski definition) is 1. The van der Waals surface area contributed by atoms with Crippen molar-refractivity contribution in [2.75, 3.05) is 46.4 Å². The fourth-order valence-electron chi connectivity index (χ4n) is 4.02. The van der Waals surface area contributed by atoms with Crippen LogP contribution >= 0.6 is 0 Å². The molecule has 2 atom stereocenters. The molecular formula is C24H52N2O2. The van der Waals surface area contributed by atoms with Gasteiger partial charge in [0.05, 0.1) is 12.2 Å². The molecule has 0 radical (unpaired) electrons. The minimum Gasteiger partial charge on any atom is -0.392 e. The molecule has 170 valence electrons. The predicted molar refractivity (Wildman–Crippen MR) is 123 cm³/mol. The lowest BCUT2D eigenvalue weighted by Gasteiger charge is -2.26. The monoisotopic (exact) mass is 400 g/mol. The van der Waals surface area contributed by atoms with Crippen molar-refractivity contribution in [3.63, 3.8) is 0 Å². The van der Waals surface area contributed by atoms with Crippen molar-refractivity contribution < 1.29 is 9.84 Å². The Hall–Kier alpha value is -0.160. The zero-order valence-electron chi connectivity index (χ0n) is 20.3. The summed E-state index contributed by atoms with van der Waals surface area (Å²) in [7, 11) is 2.09. The molecule has 0 saturated heterocycles. The van der Waals surface area contributed by atoms with Crippen LogP contribution in [0.25, 0.3) is 0 Å².